The molecule has 0 radical (unpaired) electrons. The highest BCUT2D eigenvalue weighted by Crippen LogP contribution is 2.20. The molecule has 1 saturated heterocycles. The van der Waals surface area contributed by atoms with Gasteiger partial charge < -0.3 is 20.1 Å². The van der Waals surface area contributed by atoms with E-state index in [1.165, 1.54) is 0 Å². The van der Waals surface area contributed by atoms with Crippen molar-refractivity contribution in [1.82, 2.24) is 15.5 Å². The highest BCUT2D eigenvalue weighted by atomic mass is 127. The highest BCUT2D eigenvalue weighted by Gasteiger charge is 2.33. The molecule has 1 aromatic carbocycles. The van der Waals surface area contributed by atoms with Crippen molar-refractivity contribution in [1.29, 1.82) is 0 Å². The van der Waals surface area contributed by atoms with Crippen molar-refractivity contribution in [2.75, 3.05) is 33.3 Å². The van der Waals surface area contributed by atoms with Crippen molar-refractivity contribution in [2.45, 2.75) is 58.9 Å². The van der Waals surface area contributed by atoms with Crippen LogP contribution < -0.4 is 15.4 Å². The van der Waals surface area contributed by atoms with Gasteiger partial charge in [-0.3, -0.25) is 4.90 Å². The van der Waals surface area contributed by atoms with E-state index >= 15 is 0 Å². The summed E-state index contributed by atoms with van der Waals surface area (Å²) in [6.45, 7) is 15.1. The predicted molar refractivity (Wildman–Crippen MR) is 127 cm³/mol. The molecule has 1 heterocycles. The molecule has 2 N–H and O–H groups in total. The van der Waals surface area contributed by atoms with Gasteiger partial charge in [0, 0.05) is 31.7 Å². The topological polar surface area (TPSA) is 58.1 Å². The van der Waals surface area contributed by atoms with Gasteiger partial charge in [0.25, 0.3) is 0 Å². The Morgan fingerprint density at radius 2 is 1.93 bits per heavy atom. The fraction of sp³-hybridized carbons (Fsp3) is 0.667. The number of benzene rings is 1. The summed E-state index contributed by atoms with van der Waals surface area (Å²) < 4.78 is 11.2. The lowest BCUT2D eigenvalue weighted by Gasteiger charge is -2.45. The van der Waals surface area contributed by atoms with Gasteiger partial charge in [-0.05, 0) is 52.3 Å². The van der Waals surface area contributed by atoms with Gasteiger partial charge in [0.2, 0.25) is 0 Å². The third-order valence-corrected chi connectivity index (χ3v) is 4.86. The molecule has 7 heteroatoms. The zero-order chi connectivity index (χ0) is 19.9. The Morgan fingerprint density at radius 1 is 1.25 bits per heavy atom. The van der Waals surface area contributed by atoms with Crippen LogP contribution in [0.4, 0.5) is 0 Å². The Hall–Kier alpha value is -1.06. The molecule has 0 amide bonds. The van der Waals surface area contributed by atoms with Gasteiger partial charge in [0.15, 0.2) is 5.96 Å². The number of ether oxygens (including phenoxy) is 2. The van der Waals surface area contributed by atoms with Crippen LogP contribution in [0, 0.1) is 0 Å². The third-order valence-electron chi connectivity index (χ3n) is 4.86. The van der Waals surface area contributed by atoms with Gasteiger partial charge in [0.1, 0.15) is 5.75 Å². The Bertz CT molecular complexity index is 614. The Balaban J connectivity index is 0.00000392. The summed E-state index contributed by atoms with van der Waals surface area (Å²) in [6.07, 6.45) is 0.533. The third kappa shape index (κ3) is 7.75. The minimum absolute atomic E-state index is 0. The van der Waals surface area contributed by atoms with E-state index in [1.54, 1.807) is 7.11 Å². The van der Waals surface area contributed by atoms with E-state index in [2.05, 4.69) is 56.2 Å². The van der Waals surface area contributed by atoms with Crippen LogP contribution in [0.1, 0.15) is 40.2 Å². The first-order chi connectivity index (χ1) is 12.8. The van der Waals surface area contributed by atoms with E-state index < -0.39 is 0 Å². The molecule has 0 aromatic heterocycles. The number of methoxy groups -OCH3 is 1. The van der Waals surface area contributed by atoms with Crippen molar-refractivity contribution < 1.29 is 9.47 Å². The van der Waals surface area contributed by atoms with Crippen molar-refractivity contribution in [3.63, 3.8) is 0 Å². The number of halogens is 1. The van der Waals surface area contributed by atoms with E-state index in [4.69, 9.17) is 14.5 Å². The molecule has 0 bridgehead atoms. The zero-order valence-electron chi connectivity index (χ0n) is 18.1. The Labute approximate surface area is 187 Å². The molecule has 1 aromatic rings. The second kappa shape index (κ2) is 11.8. The van der Waals surface area contributed by atoms with Gasteiger partial charge >= 0.3 is 0 Å². The maximum Gasteiger partial charge on any atom is 0.191 e. The van der Waals surface area contributed by atoms with Gasteiger partial charge in [-0.25, -0.2) is 4.99 Å². The lowest BCUT2D eigenvalue weighted by Crippen LogP contribution is -2.59. The summed E-state index contributed by atoms with van der Waals surface area (Å²) >= 11 is 0. The average Bonchev–Trinajstić information content (AvgIpc) is 2.63. The number of nitrogens with one attached hydrogen (secondary N) is 2. The summed E-state index contributed by atoms with van der Waals surface area (Å²) in [5.41, 5.74) is 1.14. The van der Waals surface area contributed by atoms with Crippen molar-refractivity contribution >= 4 is 29.9 Å². The summed E-state index contributed by atoms with van der Waals surface area (Å²) in [5.74, 6) is 1.69. The standard InChI is InChI=1S/C21H36N4O2.HI/c1-7-22-20(23-12-18-9-8-10-19(11-18)26-6)24-15-21(4,5)25-13-16(2)27-17(3)14-25;/h8-11,16-17H,7,12-15H2,1-6H3,(H2,22,23,24);1H. The summed E-state index contributed by atoms with van der Waals surface area (Å²) in [6, 6.07) is 8.03. The quantitative estimate of drug-likeness (QED) is 0.339. The largest absolute Gasteiger partial charge is 0.497 e. The highest BCUT2D eigenvalue weighted by molar-refractivity contribution is 14.0. The van der Waals surface area contributed by atoms with Crippen LogP contribution in [-0.2, 0) is 11.3 Å². The molecule has 0 aliphatic carbocycles. The van der Waals surface area contributed by atoms with Crippen LogP contribution in [0.2, 0.25) is 0 Å². The summed E-state index contributed by atoms with van der Waals surface area (Å²) in [5, 5.41) is 6.85. The van der Waals surface area contributed by atoms with Crippen LogP contribution in [0.3, 0.4) is 0 Å². The number of nitrogens with zero attached hydrogens (tertiary/aromatic N) is 2. The molecule has 28 heavy (non-hydrogen) atoms. The summed E-state index contributed by atoms with van der Waals surface area (Å²) in [7, 11) is 1.68. The molecule has 1 fully saturated rings. The van der Waals surface area contributed by atoms with Crippen molar-refractivity contribution in [3.8, 4) is 5.75 Å². The van der Waals surface area contributed by atoms with Gasteiger partial charge in [-0.2, -0.15) is 0 Å². The van der Waals surface area contributed by atoms with Crippen molar-refractivity contribution in [3.05, 3.63) is 29.8 Å². The molecule has 2 rings (SSSR count). The number of rotatable bonds is 7. The lowest BCUT2D eigenvalue weighted by atomic mass is 10.00. The monoisotopic (exact) mass is 504 g/mol. The first-order valence-electron chi connectivity index (χ1n) is 9.89. The molecule has 2 unspecified atom stereocenters. The van der Waals surface area contributed by atoms with E-state index in [0.717, 1.165) is 43.5 Å². The SMILES string of the molecule is CCNC(=NCc1cccc(OC)c1)NCC(C)(C)N1CC(C)OC(C)C1.I. The summed E-state index contributed by atoms with van der Waals surface area (Å²) in [4.78, 5) is 7.24. The molecule has 6 nitrogen and oxygen atoms in total. The second-order valence-corrected chi connectivity index (χ2v) is 7.87. The lowest BCUT2D eigenvalue weighted by molar-refractivity contribution is -0.0946. The van der Waals surface area contributed by atoms with Crippen LogP contribution in [0.5, 0.6) is 5.75 Å². The Kier molecular flexibility index (Phi) is 10.5. The number of hydrogen-bond donors (Lipinski definition) is 2. The van der Waals surface area contributed by atoms with Crippen LogP contribution in [0.15, 0.2) is 29.3 Å². The van der Waals surface area contributed by atoms with Gasteiger partial charge in [-0.15, -0.1) is 24.0 Å². The molecule has 0 saturated carbocycles. The van der Waals surface area contributed by atoms with Gasteiger partial charge in [0.05, 0.1) is 25.9 Å². The van der Waals surface area contributed by atoms with Crippen molar-refractivity contribution in [2.24, 2.45) is 4.99 Å². The fourth-order valence-corrected chi connectivity index (χ4v) is 3.37. The first-order valence-corrected chi connectivity index (χ1v) is 9.89. The van der Waals surface area contributed by atoms with E-state index in [1.807, 2.05) is 18.2 Å². The smallest absolute Gasteiger partial charge is 0.191 e. The second-order valence-electron chi connectivity index (χ2n) is 7.87. The van der Waals surface area contributed by atoms with E-state index in [0.29, 0.717) is 6.54 Å². The zero-order valence-corrected chi connectivity index (χ0v) is 20.4. The maximum atomic E-state index is 5.87. The molecule has 1 aliphatic rings. The minimum Gasteiger partial charge on any atom is -0.497 e. The number of hydrogen-bond acceptors (Lipinski definition) is 4. The number of aliphatic imine (C=N–C) groups is 1. The number of guanidine groups is 1. The molecule has 160 valence electrons. The van der Waals surface area contributed by atoms with Crippen LogP contribution in [-0.4, -0.2) is 61.9 Å². The average molecular weight is 504 g/mol. The minimum atomic E-state index is 0. The Morgan fingerprint density at radius 3 is 2.54 bits per heavy atom. The number of morpholine rings is 1. The molecule has 2 atom stereocenters. The molecular weight excluding hydrogens is 467 g/mol. The molecule has 0 spiro atoms. The predicted octanol–water partition coefficient (Wildman–Crippen LogP) is 3.26. The van der Waals surface area contributed by atoms with E-state index in [-0.39, 0.29) is 41.7 Å². The fourth-order valence-electron chi connectivity index (χ4n) is 3.37. The maximum absolute atomic E-state index is 5.87. The first kappa shape index (κ1) is 25.0. The van der Waals surface area contributed by atoms with E-state index in [9.17, 15) is 0 Å². The molecule has 1 aliphatic heterocycles. The molecular formula is C21H37IN4O2. The van der Waals surface area contributed by atoms with Gasteiger partial charge in [-0.1, -0.05) is 12.1 Å². The normalized spacial score (nSPS) is 21.0. The van der Waals surface area contributed by atoms with Crippen LogP contribution >= 0.6 is 24.0 Å². The van der Waals surface area contributed by atoms with Crippen LogP contribution in [0.25, 0.3) is 0 Å².